The van der Waals surface area contributed by atoms with Crippen molar-refractivity contribution < 1.29 is 8.42 Å². The highest BCUT2D eigenvalue weighted by Crippen LogP contribution is 2.25. The van der Waals surface area contributed by atoms with Gasteiger partial charge in [0.2, 0.25) is 0 Å². The third-order valence-corrected chi connectivity index (χ3v) is 4.13. The molecule has 19 heavy (non-hydrogen) atoms. The highest BCUT2D eigenvalue weighted by Gasteiger charge is 2.18. The number of anilines is 1. The van der Waals surface area contributed by atoms with Crippen molar-refractivity contribution in [2.24, 2.45) is 0 Å². The summed E-state index contributed by atoms with van der Waals surface area (Å²) >= 11 is 0. The van der Waals surface area contributed by atoms with Crippen molar-refractivity contribution in [2.75, 3.05) is 31.2 Å². The third-order valence-electron chi connectivity index (χ3n) is 2.49. The molecule has 0 aliphatic heterocycles. The number of pyridine rings is 1. The van der Waals surface area contributed by atoms with Crippen molar-refractivity contribution in [2.45, 2.75) is 0 Å². The molecule has 0 saturated heterocycles. The monoisotopic (exact) mass is 281 g/mol. The average molecular weight is 281 g/mol. The van der Waals surface area contributed by atoms with Gasteiger partial charge in [0.05, 0.1) is 10.7 Å². The van der Waals surface area contributed by atoms with Gasteiger partial charge in [-0.05, 0) is 19.2 Å². The molecule has 5 nitrogen and oxygen atoms in total. The van der Waals surface area contributed by atoms with Crippen LogP contribution in [0.1, 0.15) is 5.56 Å². The minimum Gasteiger partial charge on any atom is -0.368 e. The van der Waals surface area contributed by atoms with E-state index in [1.807, 2.05) is 7.05 Å². The molecular formula is C13H19N3O2S. The van der Waals surface area contributed by atoms with Crippen molar-refractivity contribution >= 4 is 20.6 Å². The lowest BCUT2D eigenvalue weighted by Gasteiger charge is -2.12. The van der Waals surface area contributed by atoms with Crippen LogP contribution in [0.25, 0.3) is 4.91 Å². The minimum atomic E-state index is -3.42. The van der Waals surface area contributed by atoms with Gasteiger partial charge in [-0.3, -0.25) is 0 Å². The molecule has 1 heterocycles. The van der Waals surface area contributed by atoms with Gasteiger partial charge in [0, 0.05) is 24.8 Å². The van der Waals surface area contributed by atoms with Crippen LogP contribution in [-0.2, 0) is 9.84 Å². The number of nitrogens with one attached hydrogen (secondary N) is 2. The lowest BCUT2D eigenvalue weighted by molar-refractivity contribution is 0.608. The maximum atomic E-state index is 12.0. The van der Waals surface area contributed by atoms with E-state index >= 15 is 0 Å². The van der Waals surface area contributed by atoms with Crippen LogP contribution in [-0.4, -0.2) is 39.3 Å². The lowest BCUT2D eigenvalue weighted by atomic mass is 10.2. The van der Waals surface area contributed by atoms with E-state index in [0.717, 1.165) is 6.54 Å². The summed E-state index contributed by atoms with van der Waals surface area (Å²) < 4.78 is 23.9. The molecule has 1 rings (SSSR count). The fourth-order valence-corrected chi connectivity index (χ4v) is 2.51. The van der Waals surface area contributed by atoms with Gasteiger partial charge in [0.1, 0.15) is 5.82 Å². The number of sulfone groups is 1. The summed E-state index contributed by atoms with van der Waals surface area (Å²) in [6, 6.07) is 3.38. The molecule has 2 N–H and O–H groups in total. The van der Waals surface area contributed by atoms with Crippen LogP contribution in [0.5, 0.6) is 0 Å². The van der Waals surface area contributed by atoms with Gasteiger partial charge in [-0.2, -0.15) is 0 Å². The van der Waals surface area contributed by atoms with E-state index in [9.17, 15) is 8.42 Å². The van der Waals surface area contributed by atoms with E-state index < -0.39 is 9.84 Å². The Bertz CT molecular complexity index is 553. The van der Waals surface area contributed by atoms with Crippen LogP contribution >= 0.6 is 0 Å². The average Bonchev–Trinajstić information content (AvgIpc) is 2.39. The largest absolute Gasteiger partial charge is 0.368 e. The van der Waals surface area contributed by atoms with Crippen LogP contribution < -0.4 is 10.6 Å². The first-order chi connectivity index (χ1) is 9.03. The van der Waals surface area contributed by atoms with Crippen molar-refractivity contribution in [3.63, 3.8) is 0 Å². The molecule has 1 aromatic heterocycles. The standard InChI is InChI=1S/C13H19N3O2S/c1-4-10-19(17,18)11(2)12-6-5-7-15-13(12)16-9-8-14-3/h4-7,14H,1-2,8-10H2,3H3,(H,15,16). The van der Waals surface area contributed by atoms with Crippen LogP contribution in [0.3, 0.4) is 0 Å². The van der Waals surface area contributed by atoms with Crippen molar-refractivity contribution in [3.05, 3.63) is 43.1 Å². The van der Waals surface area contributed by atoms with Gasteiger partial charge in [-0.15, -0.1) is 6.58 Å². The van der Waals surface area contributed by atoms with E-state index in [1.165, 1.54) is 6.08 Å². The second-order valence-corrected chi connectivity index (χ2v) is 5.98. The Kier molecular flexibility index (Phi) is 5.72. The first kappa shape index (κ1) is 15.4. The predicted molar refractivity (Wildman–Crippen MR) is 79.7 cm³/mol. The Labute approximate surface area is 114 Å². The molecular weight excluding hydrogens is 262 g/mol. The summed E-state index contributed by atoms with van der Waals surface area (Å²) in [5, 5.41) is 6.08. The molecule has 0 unspecified atom stereocenters. The summed E-state index contributed by atoms with van der Waals surface area (Å²) in [7, 11) is -1.58. The number of rotatable bonds is 8. The van der Waals surface area contributed by atoms with Crippen LogP contribution in [0.2, 0.25) is 0 Å². The molecule has 6 heteroatoms. The third kappa shape index (κ3) is 4.18. The van der Waals surface area contributed by atoms with Gasteiger partial charge in [0.25, 0.3) is 0 Å². The maximum absolute atomic E-state index is 12.0. The summed E-state index contributed by atoms with van der Waals surface area (Å²) in [4.78, 5) is 4.22. The van der Waals surface area contributed by atoms with Crippen molar-refractivity contribution in [1.82, 2.24) is 10.3 Å². The molecule has 0 saturated carbocycles. The molecule has 0 bridgehead atoms. The molecule has 0 aliphatic rings. The Balaban J connectivity index is 3.00. The van der Waals surface area contributed by atoms with Crippen molar-refractivity contribution in [3.8, 4) is 0 Å². The van der Waals surface area contributed by atoms with Crippen LogP contribution in [0.15, 0.2) is 37.6 Å². The quantitative estimate of drug-likeness (QED) is 0.555. The van der Waals surface area contributed by atoms with E-state index in [4.69, 9.17) is 0 Å². The Morgan fingerprint density at radius 3 is 2.84 bits per heavy atom. The highest BCUT2D eigenvalue weighted by atomic mass is 32.2. The molecule has 0 amide bonds. The predicted octanol–water partition coefficient (Wildman–Crippen LogP) is 1.28. The van der Waals surface area contributed by atoms with Crippen LogP contribution in [0.4, 0.5) is 5.82 Å². The number of likely N-dealkylation sites (N-methyl/N-ethyl adjacent to an activating group) is 1. The summed E-state index contributed by atoms with van der Waals surface area (Å²) in [6.07, 6.45) is 2.96. The molecule has 0 atom stereocenters. The summed E-state index contributed by atoms with van der Waals surface area (Å²) in [5.41, 5.74) is 0.500. The molecule has 0 spiro atoms. The van der Waals surface area contributed by atoms with Gasteiger partial charge in [-0.1, -0.05) is 12.7 Å². The maximum Gasteiger partial charge on any atom is 0.182 e. The van der Waals surface area contributed by atoms with E-state index in [-0.39, 0.29) is 10.7 Å². The molecule has 1 aromatic rings. The number of hydrogen-bond donors (Lipinski definition) is 2. The zero-order chi connectivity index (χ0) is 14.3. The van der Waals surface area contributed by atoms with E-state index in [2.05, 4.69) is 28.8 Å². The first-order valence-corrected chi connectivity index (χ1v) is 7.54. The SMILES string of the molecule is C=CCS(=O)(=O)C(=C)c1cccnc1NCCNC. The topological polar surface area (TPSA) is 71.1 Å². The molecule has 0 radical (unpaired) electrons. The highest BCUT2D eigenvalue weighted by molar-refractivity contribution is 8.00. The van der Waals surface area contributed by atoms with Gasteiger partial charge < -0.3 is 10.6 Å². The first-order valence-electron chi connectivity index (χ1n) is 5.89. The molecule has 0 fully saturated rings. The Morgan fingerprint density at radius 1 is 1.47 bits per heavy atom. The normalized spacial score (nSPS) is 11.0. The second kappa shape index (κ2) is 7.06. The number of nitrogens with zero attached hydrogens (tertiary/aromatic N) is 1. The van der Waals surface area contributed by atoms with E-state index in [0.29, 0.717) is 17.9 Å². The Hall–Kier alpha value is -1.66. The fourth-order valence-electron chi connectivity index (χ4n) is 1.50. The number of hydrogen-bond acceptors (Lipinski definition) is 5. The smallest absolute Gasteiger partial charge is 0.182 e. The van der Waals surface area contributed by atoms with Crippen molar-refractivity contribution in [1.29, 1.82) is 0 Å². The van der Waals surface area contributed by atoms with Gasteiger partial charge in [-0.25, -0.2) is 13.4 Å². The lowest BCUT2D eigenvalue weighted by Crippen LogP contribution is -2.19. The van der Waals surface area contributed by atoms with Gasteiger partial charge in [0.15, 0.2) is 9.84 Å². The second-order valence-electron chi connectivity index (χ2n) is 3.92. The number of aromatic nitrogens is 1. The Morgan fingerprint density at radius 2 is 2.21 bits per heavy atom. The minimum absolute atomic E-state index is 0.0625. The molecule has 0 aromatic carbocycles. The fraction of sp³-hybridized carbons (Fsp3) is 0.308. The molecule has 0 aliphatic carbocycles. The zero-order valence-electron chi connectivity index (χ0n) is 11.0. The zero-order valence-corrected chi connectivity index (χ0v) is 11.8. The van der Waals surface area contributed by atoms with Gasteiger partial charge >= 0.3 is 0 Å². The summed E-state index contributed by atoms with van der Waals surface area (Å²) in [6.45, 7) is 8.52. The van der Waals surface area contributed by atoms with E-state index in [1.54, 1.807) is 18.3 Å². The van der Waals surface area contributed by atoms with Crippen LogP contribution in [0, 0.1) is 0 Å². The summed E-state index contributed by atoms with van der Waals surface area (Å²) in [5.74, 6) is 0.395. The molecule has 104 valence electrons.